The number of hydrogen-bond donors (Lipinski definition) is 1. The van der Waals surface area contributed by atoms with Gasteiger partial charge < -0.3 is 10.1 Å². The van der Waals surface area contributed by atoms with Crippen molar-refractivity contribution in [1.29, 1.82) is 0 Å². The Labute approximate surface area is 121 Å². The van der Waals surface area contributed by atoms with Crippen LogP contribution < -0.4 is 5.32 Å². The van der Waals surface area contributed by atoms with Crippen LogP contribution >= 0.6 is 11.3 Å². The minimum absolute atomic E-state index is 0.307. The molecule has 0 bridgehead atoms. The summed E-state index contributed by atoms with van der Waals surface area (Å²) < 4.78 is 28.5. The first-order valence-corrected chi connectivity index (χ1v) is 7.28. The number of rotatable bonds is 8. The van der Waals surface area contributed by atoms with Crippen molar-refractivity contribution in [2.75, 3.05) is 19.8 Å². The standard InChI is InChI=1S/C15H17F2NOS/c16-15(17)11-19-9-8-18-10-13-6-7-14(20-13)12-4-2-1-3-5-12/h1-7,15,18H,8-11H2. The smallest absolute Gasteiger partial charge is 0.261 e. The highest BCUT2D eigenvalue weighted by Gasteiger charge is 2.03. The topological polar surface area (TPSA) is 21.3 Å². The number of nitrogens with one attached hydrogen (secondary N) is 1. The molecule has 2 aromatic rings. The Morgan fingerprint density at radius 2 is 1.90 bits per heavy atom. The second-order valence-corrected chi connectivity index (χ2v) is 5.44. The SMILES string of the molecule is FC(F)COCCNCc1ccc(-c2ccccc2)s1. The Kier molecular flexibility index (Phi) is 6.11. The van der Waals surface area contributed by atoms with Gasteiger partial charge in [-0.05, 0) is 17.7 Å². The first-order valence-electron chi connectivity index (χ1n) is 6.46. The van der Waals surface area contributed by atoms with Crippen LogP contribution in [0.1, 0.15) is 4.88 Å². The summed E-state index contributed by atoms with van der Waals surface area (Å²) in [5.41, 5.74) is 1.21. The summed E-state index contributed by atoms with van der Waals surface area (Å²) >= 11 is 1.73. The summed E-state index contributed by atoms with van der Waals surface area (Å²) in [6.45, 7) is 1.13. The van der Waals surface area contributed by atoms with Gasteiger partial charge >= 0.3 is 0 Å². The van der Waals surface area contributed by atoms with Crippen molar-refractivity contribution in [3.63, 3.8) is 0 Å². The molecular formula is C15H17F2NOS. The average molecular weight is 297 g/mol. The summed E-state index contributed by atoms with van der Waals surface area (Å²) in [5.74, 6) is 0. The maximum absolute atomic E-state index is 11.8. The predicted molar refractivity (Wildman–Crippen MR) is 78.3 cm³/mol. The lowest BCUT2D eigenvalue weighted by atomic mass is 10.2. The maximum Gasteiger partial charge on any atom is 0.261 e. The molecule has 0 unspecified atom stereocenters. The summed E-state index contributed by atoms with van der Waals surface area (Å²) in [6.07, 6.45) is -2.39. The van der Waals surface area contributed by atoms with Crippen molar-refractivity contribution in [3.8, 4) is 10.4 Å². The molecule has 1 N–H and O–H groups in total. The average Bonchev–Trinajstić information content (AvgIpc) is 2.92. The van der Waals surface area contributed by atoms with Crippen molar-refractivity contribution >= 4 is 11.3 Å². The van der Waals surface area contributed by atoms with Gasteiger partial charge in [0.1, 0.15) is 6.61 Å². The van der Waals surface area contributed by atoms with Crippen molar-refractivity contribution in [2.24, 2.45) is 0 Å². The van der Waals surface area contributed by atoms with Gasteiger partial charge in [0.2, 0.25) is 0 Å². The molecule has 2 rings (SSSR count). The Morgan fingerprint density at radius 1 is 1.10 bits per heavy atom. The quantitative estimate of drug-likeness (QED) is 0.749. The first kappa shape index (κ1) is 15.1. The van der Waals surface area contributed by atoms with Crippen LogP contribution in [-0.4, -0.2) is 26.2 Å². The van der Waals surface area contributed by atoms with Crippen LogP contribution in [-0.2, 0) is 11.3 Å². The number of alkyl halides is 2. The Hall–Kier alpha value is -1.30. The van der Waals surface area contributed by atoms with Gasteiger partial charge in [0, 0.05) is 22.8 Å². The van der Waals surface area contributed by atoms with Gasteiger partial charge in [0.15, 0.2) is 0 Å². The van der Waals surface area contributed by atoms with Crippen molar-refractivity contribution in [2.45, 2.75) is 13.0 Å². The van der Waals surface area contributed by atoms with Crippen LogP contribution in [0.4, 0.5) is 8.78 Å². The molecule has 0 fully saturated rings. The Morgan fingerprint density at radius 3 is 2.65 bits per heavy atom. The lowest BCUT2D eigenvalue weighted by Crippen LogP contribution is -2.20. The van der Waals surface area contributed by atoms with E-state index in [1.165, 1.54) is 15.3 Å². The molecule has 0 saturated heterocycles. The van der Waals surface area contributed by atoms with Crippen molar-refractivity contribution < 1.29 is 13.5 Å². The number of thiophene rings is 1. The molecule has 5 heteroatoms. The van der Waals surface area contributed by atoms with Crippen molar-refractivity contribution in [3.05, 3.63) is 47.3 Å². The van der Waals surface area contributed by atoms with Gasteiger partial charge in [0.25, 0.3) is 6.43 Å². The first-order chi connectivity index (χ1) is 9.75. The molecule has 20 heavy (non-hydrogen) atoms. The maximum atomic E-state index is 11.8. The second kappa shape index (κ2) is 8.09. The van der Waals surface area contributed by atoms with E-state index < -0.39 is 13.0 Å². The molecule has 0 amide bonds. The minimum Gasteiger partial charge on any atom is -0.374 e. The third kappa shape index (κ3) is 5.00. The van der Waals surface area contributed by atoms with E-state index in [1.807, 2.05) is 18.2 Å². The van der Waals surface area contributed by atoms with Gasteiger partial charge in [-0.1, -0.05) is 30.3 Å². The normalized spacial score (nSPS) is 11.2. The number of ether oxygens (including phenoxy) is 1. The molecule has 0 aliphatic rings. The predicted octanol–water partition coefficient (Wildman–Crippen LogP) is 3.79. The van der Waals surface area contributed by atoms with Crippen LogP contribution in [0.25, 0.3) is 10.4 Å². The van der Waals surface area contributed by atoms with E-state index in [9.17, 15) is 8.78 Å². The van der Waals surface area contributed by atoms with E-state index in [0.29, 0.717) is 13.2 Å². The zero-order valence-corrected chi connectivity index (χ0v) is 11.8. The second-order valence-electron chi connectivity index (χ2n) is 4.27. The van der Waals surface area contributed by atoms with E-state index in [1.54, 1.807) is 11.3 Å². The zero-order valence-electron chi connectivity index (χ0n) is 11.0. The minimum atomic E-state index is -2.39. The fourth-order valence-electron chi connectivity index (χ4n) is 1.76. The summed E-state index contributed by atoms with van der Waals surface area (Å²) in [7, 11) is 0. The van der Waals surface area contributed by atoms with Crippen LogP contribution in [0.3, 0.4) is 0 Å². The van der Waals surface area contributed by atoms with E-state index in [0.717, 1.165) is 6.54 Å². The summed E-state index contributed by atoms with van der Waals surface area (Å²) in [4.78, 5) is 2.45. The largest absolute Gasteiger partial charge is 0.374 e. The van der Waals surface area contributed by atoms with E-state index >= 15 is 0 Å². The molecule has 1 aromatic heterocycles. The third-order valence-corrected chi connectivity index (χ3v) is 3.82. The third-order valence-electron chi connectivity index (χ3n) is 2.69. The molecule has 1 aromatic carbocycles. The fourth-order valence-corrected chi connectivity index (χ4v) is 2.74. The van der Waals surface area contributed by atoms with Crippen LogP contribution in [0.15, 0.2) is 42.5 Å². The van der Waals surface area contributed by atoms with Gasteiger partial charge in [-0.15, -0.1) is 11.3 Å². The molecular weight excluding hydrogens is 280 g/mol. The highest BCUT2D eigenvalue weighted by atomic mass is 32.1. The van der Waals surface area contributed by atoms with Crippen LogP contribution in [0.5, 0.6) is 0 Å². The molecule has 0 radical (unpaired) electrons. The van der Waals surface area contributed by atoms with Gasteiger partial charge in [-0.2, -0.15) is 0 Å². The van der Waals surface area contributed by atoms with E-state index in [4.69, 9.17) is 4.74 Å². The van der Waals surface area contributed by atoms with Crippen LogP contribution in [0.2, 0.25) is 0 Å². The number of hydrogen-bond acceptors (Lipinski definition) is 3. The molecule has 108 valence electrons. The summed E-state index contributed by atoms with van der Waals surface area (Å²) in [6, 6.07) is 14.4. The molecule has 1 heterocycles. The Bertz CT molecular complexity index is 502. The highest BCUT2D eigenvalue weighted by molar-refractivity contribution is 7.15. The lowest BCUT2D eigenvalue weighted by molar-refractivity contribution is 0.0187. The summed E-state index contributed by atoms with van der Waals surface area (Å²) in [5, 5.41) is 3.18. The van der Waals surface area contributed by atoms with E-state index in [-0.39, 0.29) is 0 Å². The molecule has 0 aliphatic heterocycles. The number of halogens is 2. The van der Waals surface area contributed by atoms with E-state index in [2.05, 4.69) is 29.6 Å². The zero-order chi connectivity index (χ0) is 14.2. The van der Waals surface area contributed by atoms with Gasteiger partial charge in [-0.25, -0.2) is 8.78 Å². The molecule has 0 aliphatic carbocycles. The Balaban J connectivity index is 1.71. The molecule has 2 nitrogen and oxygen atoms in total. The van der Waals surface area contributed by atoms with Gasteiger partial charge in [-0.3, -0.25) is 0 Å². The van der Waals surface area contributed by atoms with Gasteiger partial charge in [0.05, 0.1) is 6.61 Å². The number of benzene rings is 1. The lowest BCUT2D eigenvalue weighted by Gasteiger charge is -2.04. The molecule has 0 saturated carbocycles. The fraction of sp³-hybridized carbons (Fsp3) is 0.333. The highest BCUT2D eigenvalue weighted by Crippen LogP contribution is 2.27. The van der Waals surface area contributed by atoms with Crippen LogP contribution in [0, 0.1) is 0 Å². The monoisotopic (exact) mass is 297 g/mol. The molecule has 0 spiro atoms. The molecule has 0 atom stereocenters. The van der Waals surface area contributed by atoms with Crippen molar-refractivity contribution in [1.82, 2.24) is 5.32 Å².